The summed E-state index contributed by atoms with van der Waals surface area (Å²) in [4.78, 5) is 4.31. The molecule has 0 aliphatic carbocycles. The summed E-state index contributed by atoms with van der Waals surface area (Å²) < 4.78 is 12.8. The first kappa shape index (κ1) is 14.2. The lowest BCUT2D eigenvalue weighted by atomic mass is 10.2. The highest BCUT2D eigenvalue weighted by molar-refractivity contribution is 5.37. The molecule has 1 aromatic carbocycles. The van der Waals surface area contributed by atoms with Crippen molar-refractivity contribution in [3.63, 3.8) is 0 Å². The van der Waals surface area contributed by atoms with Gasteiger partial charge < -0.3 is 10.6 Å². The summed E-state index contributed by atoms with van der Waals surface area (Å²) in [5, 5.41) is 14.1. The van der Waals surface area contributed by atoms with E-state index in [4.69, 9.17) is 0 Å². The minimum Gasteiger partial charge on any atom is -0.368 e. The molecule has 2 aromatic rings. The Labute approximate surface area is 117 Å². The van der Waals surface area contributed by atoms with Crippen molar-refractivity contribution in [2.24, 2.45) is 5.92 Å². The van der Waals surface area contributed by atoms with Gasteiger partial charge in [-0.05, 0) is 23.6 Å². The Morgan fingerprint density at radius 3 is 2.60 bits per heavy atom. The second kappa shape index (κ2) is 6.79. The van der Waals surface area contributed by atoms with Crippen LogP contribution in [-0.2, 0) is 6.54 Å². The molecule has 5 nitrogen and oxygen atoms in total. The molecule has 0 bridgehead atoms. The molecule has 0 radical (unpaired) electrons. The van der Waals surface area contributed by atoms with E-state index in [1.54, 1.807) is 18.3 Å². The Kier molecular flexibility index (Phi) is 4.81. The van der Waals surface area contributed by atoms with Gasteiger partial charge >= 0.3 is 0 Å². The van der Waals surface area contributed by atoms with Gasteiger partial charge in [0.1, 0.15) is 5.82 Å². The Bertz CT molecular complexity index is 542. The number of rotatable bonds is 6. The van der Waals surface area contributed by atoms with E-state index in [1.165, 1.54) is 12.1 Å². The molecule has 0 unspecified atom stereocenters. The molecule has 106 valence electrons. The maximum atomic E-state index is 12.8. The topological polar surface area (TPSA) is 62.7 Å². The zero-order valence-corrected chi connectivity index (χ0v) is 11.6. The van der Waals surface area contributed by atoms with Gasteiger partial charge in [0, 0.05) is 13.1 Å². The normalized spacial score (nSPS) is 10.6. The van der Waals surface area contributed by atoms with E-state index >= 15 is 0 Å². The number of nitrogens with one attached hydrogen (secondary N) is 2. The molecule has 6 heteroatoms. The van der Waals surface area contributed by atoms with E-state index in [2.05, 4.69) is 39.7 Å². The van der Waals surface area contributed by atoms with Gasteiger partial charge in [-0.1, -0.05) is 26.0 Å². The van der Waals surface area contributed by atoms with Gasteiger partial charge in [-0.15, -0.1) is 5.10 Å². The van der Waals surface area contributed by atoms with Gasteiger partial charge in [-0.3, -0.25) is 0 Å². The summed E-state index contributed by atoms with van der Waals surface area (Å²) in [7, 11) is 0. The van der Waals surface area contributed by atoms with E-state index in [0.29, 0.717) is 24.2 Å². The molecular weight excluding hydrogens is 257 g/mol. The molecule has 0 amide bonds. The van der Waals surface area contributed by atoms with Gasteiger partial charge in [0.2, 0.25) is 5.95 Å². The molecule has 0 fully saturated rings. The first-order chi connectivity index (χ1) is 9.63. The van der Waals surface area contributed by atoms with Gasteiger partial charge in [-0.25, -0.2) is 4.39 Å². The van der Waals surface area contributed by atoms with E-state index < -0.39 is 0 Å². The monoisotopic (exact) mass is 275 g/mol. The van der Waals surface area contributed by atoms with Crippen molar-refractivity contribution in [2.45, 2.75) is 20.4 Å². The Morgan fingerprint density at radius 2 is 1.90 bits per heavy atom. The number of hydrogen-bond donors (Lipinski definition) is 2. The van der Waals surface area contributed by atoms with Crippen molar-refractivity contribution in [3.8, 4) is 0 Å². The molecule has 20 heavy (non-hydrogen) atoms. The van der Waals surface area contributed by atoms with E-state index in [-0.39, 0.29) is 5.82 Å². The fourth-order valence-corrected chi connectivity index (χ4v) is 1.56. The van der Waals surface area contributed by atoms with Crippen LogP contribution in [0.3, 0.4) is 0 Å². The van der Waals surface area contributed by atoms with Crippen LogP contribution in [0, 0.1) is 11.7 Å². The Morgan fingerprint density at radius 1 is 1.15 bits per heavy atom. The van der Waals surface area contributed by atoms with Crippen LogP contribution in [0.25, 0.3) is 0 Å². The quantitative estimate of drug-likeness (QED) is 0.848. The summed E-state index contributed by atoms with van der Waals surface area (Å²) in [6.07, 6.45) is 1.59. The fourth-order valence-electron chi connectivity index (χ4n) is 1.56. The molecule has 0 spiro atoms. The molecule has 0 aliphatic rings. The van der Waals surface area contributed by atoms with Crippen molar-refractivity contribution in [1.29, 1.82) is 0 Å². The smallest absolute Gasteiger partial charge is 0.244 e. The summed E-state index contributed by atoms with van der Waals surface area (Å²) in [6, 6.07) is 6.29. The average Bonchev–Trinajstić information content (AvgIpc) is 2.45. The third-order valence-electron chi connectivity index (χ3n) is 2.61. The molecule has 2 N–H and O–H groups in total. The predicted octanol–water partition coefficient (Wildman–Crippen LogP) is 2.69. The first-order valence-corrected chi connectivity index (χ1v) is 6.55. The van der Waals surface area contributed by atoms with Crippen LogP contribution in [0.2, 0.25) is 0 Å². The number of benzene rings is 1. The minimum atomic E-state index is -0.244. The number of hydrogen-bond acceptors (Lipinski definition) is 5. The summed E-state index contributed by atoms with van der Waals surface area (Å²) >= 11 is 0. The van der Waals surface area contributed by atoms with Gasteiger partial charge in [0.15, 0.2) is 5.82 Å². The molecule has 0 saturated heterocycles. The van der Waals surface area contributed by atoms with E-state index in [1.807, 2.05) is 0 Å². The summed E-state index contributed by atoms with van der Waals surface area (Å²) in [5.74, 6) is 1.42. The number of nitrogens with zero attached hydrogens (tertiary/aromatic N) is 3. The predicted molar refractivity (Wildman–Crippen MR) is 76.9 cm³/mol. The third kappa shape index (κ3) is 4.46. The molecule has 0 aliphatic heterocycles. The molecule has 2 rings (SSSR count). The van der Waals surface area contributed by atoms with Crippen LogP contribution < -0.4 is 10.6 Å². The van der Waals surface area contributed by atoms with Crippen LogP contribution in [0.15, 0.2) is 30.5 Å². The van der Waals surface area contributed by atoms with Crippen molar-refractivity contribution >= 4 is 11.8 Å². The maximum absolute atomic E-state index is 12.8. The zero-order chi connectivity index (χ0) is 14.4. The van der Waals surface area contributed by atoms with Crippen molar-refractivity contribution in [2.75, 3.05) is 17.2 Å². The highest BCUT2D eigenvalue weighted by Crippen LogP contribution is 2.08. The van der Waals surface area contributed by atoms with E-state index in [0.717, 1.165) is 12.1 Å². The number of anilines is 2. The van der Waals surface area contributed by atoms with Crippen molar-refractivity contribution in [3.05, 3.63) is 41.8 Å². The second-order valence-corrected chi connectivity index (χ2v) is 4.92. The van der Waals surface area contributed by atoms with E-state index in [9.17, 15) is 4.39 Å². The Balaban J connectivity index is 1.92. The van der Waals surface area contributed by atoms with Crippen LogP contribution in [0.4, 0.5) is 16.2 Å². The molecule has 0 atom stereocenters. The molecule has 1 heterocycles. The fraction of sp³-hybridized carbons (Fsp3) is 0.357. The second-order valence-electron chi connectivity index (χ2n) is 4.92. The lowest BCUT2D eigenvalue weighted by molar-refractivity contribution is 0.627. The lowest BCUT2D eigenvalue weighted by Crippen LogP contribution is -2.11. The summed E-state index contributed by atoms with van der Waals surface area (Å²) in [5.41, 5.74) is 0.954. The maximum Gasteiger partial charge on any atom is 0.244 e. The highest BCUT2D eigenvalue weighted by Gasteiger charge is 2.01. The first-order valence-electron chi connectivity index (χ1n) is 6.55. The molecular formula is C14H18FN5. The average molecular weight is 275 g/mol. The Hall–Kier alpha value is -2.24. The van der Waals surface area contributed by atoms with Crippen LogP contribution in [0.1, 0.15) is 19.4 Å². The zero-order valence-electron chi connectivity index (χ0n) is 11.6. The summed E-state index contributed by atoms with van der Waals surface area (Å²) in [6.45, 7) is 5.59. The highest BCUT2D eigenvalue weighted by atomic mass is 19.1. The minimum absolute atomic E-state index is 0.244. The molecule has 0 saturated carbocycles. The number of halogens is 1. The largest absolute Gasteiger partial charge is 0.368 e. The van der Waals surface area contributed by atoms with Crippen LogP contribution in [-0.4, -0.2) is 21.7 Å². The van der Waals surface area contributed by atoms with Crippen LogP contribution >= 0.6 is 0 Å². The van der Waals surface area contributed by atoms with Gasteiger partial charge in [-0.2, -0.15) is 10.1 Å². The standard InChI is InChI=1S/C14H18FN5/c1-10(2)7-16-13-9-18-20-14(19-13)17-8-11-3-5-12(15)6-4-11/h3-6,9-10H,7-8H2,1-2H3,(H2,16,17,19,20). The SMILES string of the molecule is CC(C)CNc1cnnc(NCc2ccc(F)cc2)n1. The van der Waals surface area contributed by atoms with Gasteiger partial charge in [0.25, 0.3) is 0 Å². The van der Waals surface area contributed by atoms with Crippen molar-refractivity contribution < 1.29 is 4.39 Å². The lowest BCUT2D eigenvalue weighted by Gasteiger charge is -2.09. The molecule has 1 aromatic heterocycles. The third-order valence-corrected chi connectivity index (χ3v) is 2.61. The number of aromatic nitrogens is 3. The van der Waals surface area contributed by atoms with Gasteiger partial charge in [0.05, 0.1) is 6.20 Å². The van der Waals surface area contributed by atoms with Crippen molar-refractivity contribution in [1.82, 2.24) is 15.2 Å². The van der Waals surface area contributed by atoms with Crippen LogP contribution in [0.5, 0.6) is 0 Å².